The molecule has 0 atom stereocenters. The lowest BCUT2D eigenvalue weighted by atomic mass is 10.1. The van der Waals surface area contributed by atoms with Crippen LogP contribution in [-0.4, -0.2) is 11.1 Å². The van der Waals surface area contributed by atoms with E-state index in [0.717, 1.165) is 10.9 Å². The maximum absolute atomic E-state index is 10.6. The minimum atomic E-state index is -0.914. The van der Waals surface area contributed by atoms with E-state index in [1.165, 1.54) is 0 Å². The van der Waals surface area contributed by atoms with Crippen molar-refractivity contribution in [3.8, 4) is 0 Å². The van der Waals surface area contributed by atoms with Gasteiger partial charge in [-0.3, -0.25) is 0 Å². The first-order valence-corrected chi connectivity index (χ1v) is 5.14. The van der Waals surface area contributed by atoms with Gasteiger partial charge in [0.25, 0.3) is 0 Å². The Morgan fingerprint density at radius 2 is 2.17 bits per heavy atom. The monoisotopic (exact) mass is 292 g/mol. The predicted octanol–water partition coefficient (Wildman–Crippen LogP) is 3.04. The largest absolute Gasteiger partial charge is 0.478 e. The van der Waals surface area contributed by atoms with Gasteiger partial charge in [-0.1, -0.05) is 22.0 Å². The van der Waals surface area contributed by atoms with E-state index in [0.29, 0.717) is 10.0 Å². The Balaban J connectivity index is 3.12. The molecule has 0 unspecified atom stereocenters. The van der Waals surface area contributed by atoms with Crippen molar-refractivity contribution >= 4 is 37.8 Å². The third kappa shape index (κ3) is 2.08. The number of aromatic carboxylic acids is 1. The molecular weight excluding hydrogens is 288 g/mol. The molecule has 0 aliphatic carbocycles. The Morgan fingerprint density at radius 1 is 1.50 bits per heavy atom. The molecule has 0 amide bonds. The van der Waals surface area contributed by atoms with Crippen LogP contribution in [0.4, 0.5) is 0 Å². The van der Waals surface area contributed by atoms with Crippen molar-refractivity contribution in [2.75, 3.05) is 0 Å². The molecule has 12 heavy (non-hydrogen) atoms. The molecule has 0 aliphatic rings. The van der Waals surface area contributed by atoms with Gasteiger partial charge in [0, 0.05) is 9.80 Å². The Hall–Kier alpha value is -0.350. The van der Waals surface area contributed by atoms with Crippen LogP contribution in [0.1, 0.15) is 15.9 Å². The standard InChI is InChI=1S/C8H6Br2O2/c9-4-5-1-2-6(8(11)12)7(10)3-5/h1-3H,4H2,(H,11,12). The summed E-state index contributed by atoms with van der Waals surface area (Å²) < 4.78 is 0.618. The van der Waals surface area contributed by atoms with Crippen LogP contribution in [0.2, 0.25) is 0 Å². The second-order valence-corrected chi connectivity index (χ2v) is 3.67. The number of alkyl halides is 1. The van der Waals surface area contributed by atoms with Gasteiger partial charge in [-0.2, -0.15) is 0 Å². The molecular formula is C8H6Br2O2. The van der Waals surface area contributed by atoms with Crippen molar-refractivity contribution in [3.05, 3.63) is 33.8 Å². The Kier molecular flexibility index (Phi) is 3.29. The van der Waals surface area contributed by atoms with Crippen LogP contribution >= 0.6 is 31.9 Å². The van der Waals surface area contributed by atoms with Gasteiger partial charge in [0.2, 0.25) is 0 Å². The molecule has 0 heterocycles. The molecule has 4 heteroatoms. The highest BCUT2D eigenvalue weighted by molar-refractivity contribution is 9.10. The topological polar surface area (TPSA) is 37.3 Å². The van der Waals surface area contributed by atoms with Crippen LogP contribution in [0, 0.1) is 0 Å². The number of halogens is 2. The van der Waals surface area contributed by atoms with Crippen molar-refractivity contribution in [1.29, 1.82) is 0 Å². The van der Waals surface area contributed by atoms with Gasteiger partial charge in [-0.25, -0.2) is 4.79 Å². The number of rotatable bonds is 2. The maximum Gasteiger partial charge on any atom is 0.336 e. The molecule has 0 aromatic heterocycles. The minimum Gasteiger partial charge on any atom is -0.478 e. The third-order valence-electron chi connectivity index (χ3n) is 1.42. The quantitative estimate of drug-likeness (QED) is 0.851. The zero-order valence-corrected chi connectivity index (χ0v) is 9.22. The molecule has 2 nitrogen and oxygen atoms in total. The van der Waals surface area contributed by atoms with Crippen LogP contribution in [-0.2, 0) is 5.33 Å². The van der Waals surface area contributed by atoms with E-state index in [-0.39, 0.29) is 0 Å². The number of benzene rings is 1. The van der Waals surface area contributed by atoms with Crippen molar-refractivity contribution in [2.24, 2.45) is 0 Å². The second-order valence-electron chi connectivity index (χ2n) is 2.25. The van der Waals surface area contributed by atoms with Crippen LogP contribution in [0.15, 0.2) is 22.7 Å². The highest BCUT2D eigenvalue weighted by Gasteiger charge is 2.07. The molecule has 1 aromatic rings. The van der Waals surface area contributed by atoms with Crippen LogP contribution in [0.5, 0.6) is 0 Å². The van der Waals surface area contributed by atoms with E-state index in [2.05, 4.69) is 31.9 Å². The molecule has 0 saturated carbocycles. The average Bonchev–Trinajstić information content (AvgIpc) is 2.03. The van der Waals surface area contributed by atoms with E-state index in [1.807, 2.05) is 0 Å². The van der Waals surface area contributed by atoms with Crippen LogP contribution in [0.3, 0.4) is 0 Å². The molecule has 0 bridgehead atoms. The molecule has 0 fully saturated rings. The van der Waals surface area contributed by atoms with Crippen LogP contribution in [0.25, 0.3) is 0 Å². The van der Waals surface area contributed by atoms with Gasteiger partial charge < -0.3 is 5.11 Å². The molecule has 0 saturated heterocycles. The number of hydrogen-bond donors (Lipinski definition) is 1. The third-order valence-corrected chi connectivity index (χ3v) is 2.72. The first-order chi connectivity index (χ1) is 5.65. The lowest BCUT2D eigenvalue weighted by Gasteiger charge is -2.00. The number of hydrogen-bond acceptors (Lipinski definition) is 1. The van der Waals surface area contributed by atoms with Gasteiger partial charge in [0.05, 0.1) is 5.56 Å². The summed E-state index contributed by atoms with van der Waals surface area (Å²) in [5, 5.41) is 9.42. The summed E-state index contributed by atoms with van der Waals surface area (Å²) in [4.78, 5) is 10.6. The zero-order chi connectivity index (χ0) is 9.14. The molecule has 1 N–H and O–H groups in total. The smallest absolute Gasteiger partial charge is 0.336 e. The molecule has 1 aromatic carbocycles. The summed E-state index contributed by atoms with van der Waals surface area (Å²) in [5.41, 5.74) is 1.34. The van der Waals surface area contributed by atoms with E-state index in [4.69, 9.17) is 5.11 Å². The normalized spacial score (nSPS) is 9.83. The summed E-state index contributed by atoms with van der Waals surface area (Å²) in [6, 6.07) is 5.16. The van der Waals surface area contributed by atoms with Gasteiger partial charge >= 0.3 is 5.97 Å². The molecule has 1 rings (SSSR count). The SMILES string of the molecule is O=C(O)c1ccc(CBr)cc1Br. The molecule has 0 spiro atoms. The fourth-order valence-corrected chi connectivity index (χ4v) is 1.76. The Morgan fingerprint density at radius 3 is 2.58 bits per heavy atom. The summed E-state index contributed by atoms with van der Waals surface area (Å²) in [7, 11) is 0. The Labute approximate surface area is 86.9 Å². The Bertz CT molecular complexity index is 310. The van der Waals surface area contributed by atoms with Gasteiger partial charge in [0.1, 0.15) is 0 Å². The van der Waals surface area contributed by atoms with Crippen molar-refractivity contribution < 1.29 is 9.90 Å². The zero-order valence-electron chi connectivity index (χ0n) is 6.05. The minimum absolute atomic E-state index is 0.291. The van der Waals surface area contributed by atoms with Gasteiger partial charge in [0.15, 0.2) is 0 Å². The van der Waals surface area contributed by atoms with Crippen molar-refractivity contribution in [3.63, 3.8) is 0 Å². The second kappa shape index (κ2) is 4.05. The number of carboxylic acids is 1. The summed E-state index contributed by atoms with van der Waals surface area (Å²) in [5.74, 6) is -0.914. The fourth-order valence-electron chi connectivity index (χ4n) is 0.815. The van der Waals surface area contributed by atoms with Gasteiger partial charge in [-0.05, 0) is 33.6 Å². The first-order valence-electron chi connectivity index (χ1n) is 3.23. The summed E-state index contributed by atoms with van der Waals surface area (Å²) in [6.07, 6.45) is 0. The first kappa shape index (κ1) is 9.74. The molecule has 0 radical (unpaired) electrons. The fraction of sp³-hybridized carbons (Fsp3) is 0.125. The molecule has 0 aliphatic heterocycles. The van der Waals surface area contributed by atoms with E-state index >= 15 is 0 Å². The average molecular weight is 294 g/mol. The maximum atomic E-state index is 10.6. The number of carbonyl (C=O) groups is 1. The lowest BCUT2D eigenvalue weighted by molar-refractivity contribution is 0.0696. The predicted molar refractivity (Wildman–Crippen MR) is 53.7 cm³/mol. The summed E-state index contributed by atoms with van der Waals surface area (Å²) in [6.45, 7) is 0. The highest BCUT2D eigenvalue weighted by Crippen LogP contribution is 2.19. The lowest BCUT2D eigenvalue weighted by Crippen LogP contribution is -1.97. The van der Waals surface area contributed by atoms with E-state index < -0.39 is 5.97 Å². The highest BCUT2D eigenvalue weighted by atomic mass is 79.9. The van der Waals surface area contributed by atoms with E-state index in [1.54, 1.807) is 18.2 Å². The van der Waals surface area contributed by atoms with Crippen LogP contribution < -0.4 is 0 Å². The van der Waals surface area contributed by atoms with E-state index in [9.17, 15) is 4.79 Å². The number of carboxylic acid groups (broad SMARTS) is 1. The van der Waals surface area contributed by atoms with Gasteiger partial charge in [-0.15, -0.1) is 0 Å². The van der Waals surface area contributed by atoms with Crippen molar-refractivity contribution in [2.45, 2.75) is 5.33 Å². The summed E-state index contributed by atoms with van der Waals surface area (Å²) >= 11 is 6.47. The molecule has 64 valence electrons. The van der Waals surface area contributed by atoms with Crippen molar-refractivity contribution in [1.82, 2.24) is 0 Å².